The lowest BCUT2D eigenvalue weighted by Gasteiger charge is -2.42. The van der Waals surface area contributed by atoms with E-state index in [1.54, 1.807) is 6.20 Å². The molecule has 0 bridgehead atoms. The summed E-state index contributed by atoms with van der Waals surface area (Å²) < 4.78 is 6.46. The van der Waals surface area contributed by atoms with E-state index in [9.17, 15) is 0 Å². The Hall–Kier alpha value is -3.11. The molecule has 2 aliphatic heterocycles. The highest BCUT2D eigenvalue weighted by molar-refractivity contribution is 6.32. The number of nitrogens with zero attached hydrogens (tertiary/aromatic N) is 6. The largest absolute Gasteiger partial charge is 0.486 e. The normalized spacial score (nSPS) is 17.3. The second-order valence-corrected chi connectivity index (χ2v) is 13.4. The number of hydrogen-bond acceptors (Lipinski definition) is 9. The van der Waals surface area contributed by atoms with Gasteiger partial charge >= 0.3 is 0 Å². The summed E-state index contributed by atoms with van der Waals surface area (Å²) in [6.45, 7) is 13.8. The molecule has 1 aromatic heterocycles. The summed E-state index contributed by atoms with van der Waals surface area (Å²) in [5.74, 6) is 1.76. The average molecular weight is 607 g/mol. The number of rotatable bonds is 9. The molecule has 3 aromatic rings. The Labute approximate surface area is 262 Å². The van der Waals surface area contributed by atoms with Crippen molar-refractivity contribution in [3.63, 3.8) is 0 Å². The van der Waals surface area contributed by atoms with Crippen LogP contribution in [0, 0.1) is 0 Å². The van der Waals surface area contributed by atoms with E-state index in [-0.39, 0.29) is 5.60 Å². The maximum atomic E-state index is 6.54. The lowest BCUT2D eigenvalue weighted by molar-refractivity contribution is 0.0982. The van der Waals surface area contributed by atoms with Gasteiger partial charge in [-0.2, -0.15) is 4.98 Å². The van der Waals surface area contributed by atoms with Gasteiger partial charge in [-0.15, -0.1) is 0 Å². The highest BCUT2D eigenvalue weighted by atomic mass is 35.5. The van der Waals surface area contributed by atoms with Gasteiger partial charge in [-0.25, -0.2) is 4.98 Å². The van der Waals surface area contributed by atoms with E-state index in [4.69, 9.17) is 21.3 Å². The number of nitrogens with one attached hydrogen (secondary N) is 2. The summed E-state index contributed by atoms with van der Waals surface area (Å²) in [6, 6.07) is 15.2. The third kappa shape index (κ3) is 8.50. The number of halogens is 1. The van der Waals surface area contributed by atoms with Gasteiger partial charge in [-0.05, 0) is 78.5 Å². The summed E-state index contributed by atoms with van der Waals surface area (Å²) in [5, 5.41) is 7.26. The fraction of sp³-hybridized carbons (Fsp3) is 0.515. The van der Waals surface area contributed by atoms with Crippen molar-refractivity contribution in [2.45, 2.75) is 51.8 Å². The van der Waals surface area contributed by atoms with Crippen molar-refractivity contribution in [1.82, 2.24) is 24.7 Å². The quantitative estimate of drug-likeness (QED) is 0.302. The molecular weight excluding hydrogens is 560 g/mol. The average Bonchev–Trinajstić information content (AvgIpc) is 2.96. The topological polar surface area (TPSA) is 72.0 Å². The van der Waals surface area contributed by atoms with Gasteiger partial charge in [0.25, 0.3) is 0 Å². The molecule has 0 amide bonds. The molecule has 2 saturated heterocycles. The molecule has 10 heteroatoms. The van der Waals surface area contributed by atoms with Crippen LogP contribution in [-0.4, -0.2) is 96.7 Å². The predicted molar refractivity (Wildman–Crippen MR) is 179 cm³/mol. The van der Waals surface area contributed by atoms with Crippen LogP contribution in [0.5, 0.6) is 5.75 Å². The molecule has 2 fully saturated rings. The maximum Gasteiger partial charge on any atom is 0.229 e. The van der Waals surface area contributed by atoms with Gasteiger partial charge in [0.05, 0.1) is 11.9 Å². The zero-order valence-corrected chi connectivity index (χ0v) is 27.3. The fourth-order valence-electron chi connectivity index (χ4n) is 5.79. The molecule has 0 radical (unpaired) electrons. The van der Waals surface area contributed by atoms with Gasteiger partial charge in [0.2, 0.25) is 5.95 Å². The van der Waals surface area contributed by atoms with Crippen molar-refractivity contribution in [1.29, 1.82) is 0 Å². The Bertz CT molecular complexity index is 1360. The van der Waals surface area contributed by atoms with Gasteiger partial charge in [0.1, 0.15) is 16.4 Å². The molecule has 0 aliphatic carbocycles. The van der Waals surface area contributed by atoms with Crippen LogP contribution < -0.4 is 20.3 Å². The molecule has 2 N–H and O–H groups in total. The van der Waals surface area contributed by atoms with E-state index in [1.165, 1.54) is 44.7 Å². The Morgan fingerprint density at radius 2 is 1.67 bits per heavy atom. The van der Waals surface area contributed by atoms with Crippen LogP contribution in [0.25, 0.3) is 0 Å². The number of aromatic nitrogens is 2. The van der Waals surface area contributed by atoms with Crippen molar-refractivity contribution < 1.29 is 4.74 Å². The molecule has 2 aliphatic rings. The van der Waals surface area contributed by atoms with E-state index in [0.29, 0.717) is 22.8 Å². The third-order valence-corrected chi connectivity index (χ3v) is 8.29. The molecule has 3 heterocycles. The third-order valence-electron chi connectivity index (χ3n) is 8.01. The highest BCUT2D eigenvalue weighted by Gasteiger charge is 2.27. The molecule has 43 heavy (non-hydrogen) atoms. The van der Waals surface area contributed by atoms with Crippen LogP contribution >= 0.6 is 11.6 Å². The van der Waals surface area contributed by atoms with Crippen LogP contribution in [0.3, 0.4) is 0 Å². The smallest absolute Gasteiger partial charge is 0.229 e. The van der Waals surface area contributed by atoms with Crippen LogP contribution in [0.2, 0.25) is 5.02 Å². The summed E-state index contributed by atoms with van der Waals surface area (Å²) in [4.78, 5) is 18.9. The molecule has 2 aromatic carbocycles. The van der Waals surface area contributed by atoms with Crippen molar-refractivity contribution in [2.75, 3.05) is 75.9 Å². The summed E-state index contributed by atoms with van der Waals surface area (Å²) in [5.41, 5.74) is 3.74. The van der Waals surface area contributed by atoms with Gasteiger partial charge in [-0.1, -0.05) is 29.8 Å². The lowest BCUT2D eigenvalue weighted by atomic mass is 10.0. The Morgan fingerprint density at radius 3 is 2.37 bits per heavy atom. The minimum absolute atomic E-state index is 0.368. The standard InChI is InChI=1S/C33H47ClN8O/c1-33(2,3)43-30-21-26(41-15-13-25(14-16-41)42-19-17-40(6)18-20-42)11-12-29(30)37-32-35-22-27(34)31(38-32)36-28-10-8-7-9-24(28)23-39(4)5/h7-12,21-22,25H,13-20,23H2,1-6H3,(H2,35,36,37,38). The SMILES string of the molecule is CN(C)Cc1ccccc1Nc1nc(Nc2ccc(N3CCC(N4CCN(C)CC4)CC3)cc2OC(C)(C)C)ncc1Cl. The zero-order valence-electron chi connectivity index (χ0n) is 26.5. The second kappa shape index (κ2) is 13.7. The molecule has 5 rings (SSSR count). The number of ether oxygens (including phenoxy) is 1. The first-order valence-corrected chi connectivity index (χ1v) is 15.7. The Balaban J connectivity index is 1.32. The van der Waals surface area contributed by atoms with Crippen LogP contribution in [-0.2, 0) is 6.54 Å². The van der Waals surface area contributed by atoms with E-state index >= 15 is 0 Å². The molecule has 0 spiro atoms. The van der Waals surface area contributed by atoms with Crippen LogP contribution in [0.15, 0.2) is 48.7 Å². The number of anilines is 5. The van der Waals surface area contributed by atoms with Crippen molar-refractivity contribution in [2.24, 2.45) is 0 Å². The summed E-state index contributed by atoms with van der Waals surface area (Å²) in [6.07, 6.45) is 3.99. The van der Waals surface area contributed by atoms with Gasteiger partial charge in [-0.3, -0.25) is 4.90 Å². The molecule has 0 atom stereocenters. The first-order valence-electron chi connectivity index (χ1n) is 15.3. The number of benzene rings is 2. The second-order valence-electron chi connectivity index (χ2n) is 13.0. The minimum atomic E-state index is -0.368. The molecule has 232 valence electrons. The maximum absolute atomic E-state index is 6.54. The van der Waals surface area contributed by atoms with Gasteiger partial charge < -0.3 is 30.1 Å². The van der Waals surface area contributed by atoms with Crippen LogP contribution in [0.1, 0.15) is 39.2 Å². The van der Waals surface area contributed by atoms with Crippen molar-refractivity contribution >= 4 is 40.4 Å². The number of piperazine rings is 1. The summed E-state index contributed by atoms with van der Waals surface area (Å²) in [7, 11) is 6.32. The molecule has 0 saturated carbocycles. The Morgan fingerprint density at radius 1 is 0.953 bits per heavy atom. The van der Waals surface area contributed by atoms with Crippen LogP contribution in [0.4, 0.5) is 28.8 Å². The zero-order chi connectivity index (χ0) is 30.6. The van der Waals surface area contributed by atoms with Crippen molar-refractivity contribution in [3.05, 3.63) is 59.2 Å². The van der Waals surface area contributed by atoms with Gasteiger partial charge in [0, 0.05) is 69.3 Å². The van der Waals surface area contributed by atoms with Crippen molar-refractivity contribution in [3.8, 4) is 5.75 Å². The number of hydrogen-bond donors (Lipinski definition) is 2. The summed E-state index contributed by atoms with van der Waals surface area (Å²) >= 11 is 6.54. The van der Waals surface area contributed by atoms with E-state index in [0.717, 1.165) is 42.3 Å². The Kier molecular flexibility index (Phi) is 9.96. The first kappa shape index (κ1) is 31.3. The van der Waals surface area contributed by atoms with E-state index in [1.807, 2.05) is 18.2 Å². The number of piperidine rings is 1. The number of likely N-dealkylation sites (N-methyl/N-ethyl adjacent to an activating group) is 1. The van der Waals surface area contributed by atoms with E-state index < -0.39 is 0 Å². The lowest BCUT2D eigenvalue weighted by Crippen LogP contribution is -2.52. The highest BCUT2D eigenvalue weighted by Crippen LogP contribution is 2.36. The fourth-order valence-corrected chi connectivity index (χ4v) is 5.92. The minimum Gasteiger partial charge on any atom is -0.486 e. The monoisotopic (exact) mass is 606 g/mol. The molecule has 0 unspecified atom stereocenters. The number of para-hydroxylation sites is 1. The molecular formula is C33H47ClN8O. The first-order chi connectivity index (χ1) is 20.5. The predicted octanol–water partition coefficient (Wildman–Crippen LogP) is 6.07. The van der Waals surface area contributed by atoms with E-state index in [2.05, 4.69) is 101 Å². The molecule has 9 nitrogen and oxygen atoms in total. The van der Waals surface area contributed by atoms with Gasteiger partial charge in [0.15, 0.2) is 5.82 Å².